The Kier molecular flexibility index (Phi) is 3.47. The monoisotopic (exact) mass is 355 g/mol. The molecule has 1 N–H and O–H groups in total. The lowest BCUT2D eigenvalue weighted by Gasteiger charge is -2.41. The Morgan fingerprint density at radius 3 is 2.79 bits per heavy atom. The third-order valence-corrected chi connectivity index (χ3v) is 4.57. The van der Waals surface area contributed by atoms with Crippen LogP contribution in [0.25, 0.3) is 0 Å². The van der Waals surface area contributed by atoms with Crippen LogP contribution < -0.4 is 5.32 Å². The summed E-state index contributed by atoms with van der Waals surface area (Å²) in [5.74, 6) is 0.253. The van der Waals surface area contributed by atoms with E-state index in [4.69, 9.17) is 16.3 Å². The summed E-state index contributed by atoms with van der Waals surface area (Å²) in [6.45, 7) is 0.0276. The molecular formula is C16H13ClF3N3O. The molecule has 0 bridgehead atoms. The van der Waals surface area contributed by atoms with Crippen molar-refractivity contribution < 1.29 is 17.9 Å². The number of fused-ring (bicyclic) bond motifs is 2. The molecule has 0 saturated heterocycles. The fourth-order valence-electron chi connectivity index (χ4n) is 2.95. The number of hydrogen-bond donors (Lipinski definition) is 1. The van der Waals surface area contributed by atoms with Gasteiger partial charge in [0.25, 0.3) is 0 Å². The molecule has 1 atom stereocenters. The van der Waals surface area contributed by atoms with Crippen LogP contribution in [0.4, 0.5) is 24.7 Å². The van der Waals surface area contributed by atoms with E-state index in [-0.39, 0.29) is 40.2 Å². The van der Waals surface area contributed by atoms with Crippen LogP contribution >= 0.6 is 11.6 Å². The first-order valence-corrected chi connectivity index (χ1v) is 7.88. The molecule has 1 saturated carbocycles. The first-order chi connectivity index (χ1) is 11.4. The predicted octanol–water partition coefficient (Wildman–Crippen LogP) is 4.42. The molecule has 8 heteroatoms. The Hall–Kier alpha value is -1.86. The van der Waals surface area contributed by atoms with E-state index in [0.717, 1.165) is 19.0 Å². The van der Waals surface area contributed by atoms with Gasteiger partial charge in [-0.25, -0.2) is 9.97 Å². The Morgan fingerprint density at radius 1 is 1.29 bits per heavy atom. The van der Waals surface area contributed by atoms with E-state index in [1.807, 2.05) is 0 Å². The van der Waals surface area contributed by atoms with Gasteiger partial charge < -0.3 is 10.1 Å². The summed E-state index contributed by atoms with van der Waals surface area (Å²) >= 11 is 5.97. The topological polar surface area (TPSA) is 47.0 Å². The van der Waals surface area contributed by atoms with Gasteiger partial charge in [-0.2, -0.15) is 13.2 Å². The Balaban J connectivity index is 1.96. The van der Waals surface area contributed by atoms with Gasteiger partial charge in [0, 0.05) is 22.5 Å². The number of anilines is 2. The van der Waals surface area contributed by atoms with Crippen LogP contribution in [0.1, 0.15) is 24.0 Å². The summed E-state index contributed by atoms with van der Waals surface area (Å²) in [7, 11) is 0. The highest BCUT2D eigenvalue weighted by Gasteiger charge is 2.62. The van der Waals surface area contributed by atoms with E-state index in [9.17, 15) is 13.2 Å². The minimum absolute atomic E-state index is 0.0276. The molecule has 1 aliphatic heterocycles. The third kappa shape index (κ3) is 2.34. The van der Waals surface area contributed by atoms with Gasteiger partial charge in [-0.1, -0.05) is 11.6 Å². The molecule has 2 heterocycles. The van der Waals surface area contributed by atoms with Crippen molar-refractivity contribution in [2.24, 2.45) is 5.92 Å². The smallest absolute Gasteiger partial charge is 0.356 e. The van der Waals surface area contributed by atoms with Crippen LogP contribution in [0, 0.1) is 5.92 Å². The van der Waals surface area contributed by atoms with Gasteiger partial charge >= 0.3 is 6.18 Å². The van der Waals surface area contributed by atoms with Crippen molar-refractivity contribution in [2.45, 2.75) is 24.6 Å². The van der Waals surface area contributed by atoms with Crippen molar-refractivity contribution >= 4 is 23.1 Å². The zero-order valence-electron chi connectivity index (χ0n) is 12.4. The molecule has 1 aliphatic carbocycles. The highest BCUT2D eigenvalue weighted by atomic mass is 35.5. The van der Waals surface area contributed by atoms with E-state index < -0.39 is 11.8 Å². The number of halogens is 4. The molecule has 1 aromatic carbocycles. The molecule has 2 aromatic rings. The number of alkyl halides is 3. The maximum atomic E-state index is 14.3. The zero-order valence-corrected chi connectivity index (χ0v) is 13.2. The van der Waals surface area contributed by atoms with Crippen LogP contribution in [0.5, 0.6) is 0 Å². The average Bonchev–Trinajstić information content (AvgIpc) is 3.35. The van der Waals surface area contributed by atoms with Crippen molar-refractivity contribution in [2.75, 3.05) is 11.9 Å². The Morgan fingerprint density at radius 2 is 2.08 bits per heavy atom. The maximum Gasteiger partial charge on any atom is 0.426 e. The third-order valence-electron chi connectivity index (χ3n) is 4.34. The van der Waals surface area contributed by atoms with Crippen LogP contribution in [0.3, 0.4) is 0 Å². The maximum absolute atomic E-state index is 14.3. The summed E-state index contributed by atoms with van der Waals surface area (Å²) in [4.78, 5) is 7.74. The SMILES string of the molecule is FC(F)(F)[C@]1(OCC2CC2)c2cc(Cl)ccc2Nc2ncncc21. The molecule has 0 unspecified atom stereocenters. The summed E-state index contributed by atoms with van der Waals surface area (Å²) in [5.41, 5.74) is -2.56. The molecule has 24 heavy (non-hydrogen) atoms. The van der Waals surface area contributed by atoms with E-state index in [0.29, 0.717) is 0 Å². The van der Waals surface area contributed by atoms with Gasteiger partial charge in [-0.15, -0.1) is 0 Å². The largest absolute Gasteiger partial charge is 0.426 e. The Bertz CT molecular complexity index is 794. The molecule has 1 aromatic heterocycles. The molecule has 4 nitrogen and oxygen atoms in total. The van der Waals surface area contributed by atoms with Crippen molar-refractivity contribution in [1.29, 1.82) is 0 Å². The fourth-order valence-corrected chi connectivity index (χ4v) is 3.12. The van der Waals surface area contributed by atoms with Gasteiger partial charge in [0.2, 0.25) is 5.60 Å². The second kappa shape index (κ2) is 5.32. The fraction of sp³-hybridized carbons (Fsp3) is 0.375. The van der Waals surface area contributed by atoms with Crippen LogP contribution in [0.15, 0.2) is 30.7 Å². The lowest BCUT2D eigenvalue weighted by molar-refractivity contribution is -0.268. The lowest BCUT2D eigenvalue weighted by Crippen LogP contribution is -2.48. The molecule has 4 rings (SSSR count). The molecule has 0 spiro atoms. The lowest BCUT2D eigenvalue weighted by atomic mass is 9.82. The van der Waals surface area contributed by atoms with Crippen molar-refractivity contribution in [3.05, 3.63) is 46.9 Å². The Labute approximate surface area is 141 Å². The van der Waals surface area contributed by atoms with Gasteiger partial charge in [-0.05, 0) is 37.0 Å². The molecule has 126 valence electrons. The number of ether oxygens (including phenoxy) is 1. The molecule has 0 amide bonds. The number of benzene rings is 1. The number of aromatic nitrogens is 2. The standard InChI is InChI=1S/C16H13ClF3N3O/c17-10-3-4-13-11(5-10)15(16(18,19)20,24-7-9-1-2-9)12-6-21-8-22-14(12)23-13/h3-6,8-9H,1-2,7H2,(H,21,22,23)/t15-/m0/s1. The summed E-state index contributed by atoms with van der Waals surface area (Å²) in [6, 6.07) is 4.32. The second-order valence-corrected chi connectivity index (χ2v) is 6.47. The zero-order chi connectivity index (χ0) is 16.9. The van der Waals surface area contributed by atoms with E-state index in [2.05, 4.69) is 15.3 Å². The van der Waals surface area contributed by atoms with E-state index >= 15 is 0 Å². The first-order valence-electron chi connectivity index (χ1n) is 7.50. The van der Waals surface area contributed by atoms with E-state index in [1.165, 1.54) is 24.5 Å². The van der Waals surface area contributed by atoms with Crippen LogP contribution in [-0.2, 0) is 10.3 Å². The highest BCUT2D eigenvalue weighted by molar-refractivity contribution is 6.30. The quantitative estimate of drug-likeness (QED) is 0.885. The molecule has 2 aliphatic rings. The molecule has 1 fully saturated rings. The van der Waals surface area contributed by atoms with E-state index in [1.54, 1.807) is 0 Å². The van der Waals surface area contributed by atoms with Gasteiger partial charge in [0.05, 0.1) is 12.2 Å². The van der Waals surface area contributed by atoms with Crippen LogP contribution in [-0.4, -0.2) is 22.8 Å². The van der Waals surface area contributed by atoms with Gasteiger partial charge in [-0.3, -0.25) is 0 Å². The predicted molar refractivity (Wildman–Crippen MR) is 82.3 cm³/mol. The van der Waals surface area contributed by atoms with Crippen LogP contribution in [0.2, 0.25) is 5.02 Å². The highest BCUT2D eigenvalue weighted by Crippen LogP contribution is 2.55. The minimum Gasteiger partial charge on any atom is -0.356 e. The van der Waals surface area contributed by atoms with Crippen molar-refractivity contribution in [1.82, 2.24) is 9.97 Å². The number of nitrogens with zero attached hydrogens (tertiary/aromatic N) is 2. The summed E-state index contributed by atoms with van der Waals surface area (Å²) in [5, 5.41) is 3.12. The number of hydrogen-bond acceptors (Lipinski definition) is 4. The van der Waals surface area contributed by atoms with Gasteiger partial charge in [0.15, 0.2) is 0 Å². The normalized spacial score (nSPS) is 22.5. The van der Waals surface area contributed by atoms with Crippen molar-refractivity contribution in [3.8, 4) is 0 Å². The first kappa shape index (κ1) is 15.7. The number of nitrogens with one attached hydrogen (secondary N) is 1. The summed E-state index contributed by atoms with van der Waals surface area (Å²) < 4.78 is 48.5. The number of rotatable bonds is 3. The minimum atomic E-state index is -4.69. The van der Waals surface area contributed by atoms with Gasteiger partial charge in [0.1, 0.15) is 12.1 Å². The molecular weight excluding hydrogens is 343 g/mol. The summed E-state index contributed by atoms with van der Waals surface area (Å²) in [6.07, 6.45) is -0.573. The average molecular weight is 356 g/mol. The second-order valence-electron chi connectivity index (χ2n) is 6.03. The molecule has 0 radical (unpaired) electrons. The van der Waals surface area contributed by atoms with Crippen molar-refractivity contribution in [3.63, 3.8) is 0 Å².